The van der Waals surface area contributed by atoms with E-state index in [0.29, 0.717) is 0 Å². The smallest absolute Gasteiger partial charge is 0.0666 e. The lowest BCUT2D eigenvalue weighted by atomic mass is 10.1. The quantitative estimate of drug-likeness (QED) is 0.707. The zero-order chi connectivity index (χ0) is 12.0. The fourth-order valence-electron chi connectivity index (χ4n) is 2.01. The van der Waals surface area contributed by atoms with Gasteiger partial charge in [-0.3, -0.25) is 9.80 Å². The van der Waals surface area contributed by atoms with Gasteiger partial charge in [-0.2, -0.15) is 10.5 Å². The fourth-order valence-corrected chi connectivity index (χ4v) is 2.01. The van der Waals surface area contributed by atoms with Crippen LogP contribution in [0.2, 0.25) is 0 Å². The summed E-state index contributed by atoms with van der Waals surface area (Å²) in [6, 6.07) is 4.53. The van der Waals surface area contributed by atoms with E-state index in [-0.39, 0.29) is 11.8 Å². The van der Waals surface area contributed by atoms with Crippen LogP contribution in [-0.2, 0) is 0 Å². The molecular formula is C12H20N4. The SMILES string of the molecule is CC(C#N)CN1CCN(CC(C)C#N)CC1. The minimum Gasteiger partial charge on any atom is -0.300 e. The van der Waals surface area contributed by atoms with E-state index in [0.717, 1.165) is 39.3 Å². The standard InChI is InChI=1S/C12H20N4/c1-11(7-13)9-15-3-5-16(6-4-15)10-12(2)8-14/h11-12H,3-6,9-10H2,1-2H3. The molecule has 1 aliphatic heterocycles. The molecular weight excluding hydrogens is 200 g/mol. The first-order chi connectivity index (χ1) is 7.65. The predicted molar refractivity (Wildman–Crippen MR) is 62.4 cm³/mol. The van der Waals surface area contributed by atoms with Gasteiger partial charge in [0, 0.05) is 39.3 Å². The minimum absolute atomic E-state index is 0.115. The van der Waals surface area contributed by atoms with Crippen molar-refractivity contribution in [3.8, 4) is 12.1 Å². The lowest BCUT2D eigenvalue weighted by Gasteiger charge is -2.35. The Morgan fingerprint density at radius 1 is 0.875 bits per heavy atom. The second kappa shape index (κ2) is 6.48. The molecule has 0 aromatic rings. The van der Waals surface area contributed by atoms with Gasteiger partial charge >= 0.3 is 0 Å². The average Bonchev–Trinajstić information content (AvgIpc) is 2.31. The maximum absolute atomic E-state index is 8.75. The lowest BCUT2D eigenvalue weighted by Crippen LogP contribution is -2.48. The van der Waals surface area contributed by atoms with Crippen LogP contribution in [0.25, 0.3) is 0 Å². The summed E-state index contributed by atoms with van der Waals surface area (Å²) in [5.74, 6) is 0.231. The van der Waals surface area contributed by atoms with Gasteiger partial charge in [0.1, 0.15) is 0 Å². The molecule has 2 unspecified atom stereocenters. The molecule has 4 nitrogen and oxygen atoms in total. The molecule has 2 atom stereocenters. The van der Waals surface area contributed by atoms with Crippen molar-refractivity contribution in [1.82, 2.24) is 9.80 Å². The number of rotatable bonds is 4. The van der Waals surface area contributed by atoms with Crippen molar-refractivity contribution in [3.63, 3.8) is 0 Å². The van der Waals surface area contributed by atoms with Crippen LogP contribution in [0.5, 0.6) is 0 Å². The van der Waals surface area contributed by atoms with Crippen molar-refractivity contribution < 1.29 is 0 Å². The number of hydrogen-bond acceptors (Lipinski definition) is 4. The van der Waals surface area contributed by atoms with E-state index in [4.69, 9.17) is 10.5 Å². The van der Waals surface area contributed by atoms with Gasteiger partial charge < -0.3 is 0 Å². The Bertz CT molecular complexity index is 250. The van der Waals surface area contributed by atoms with Gasteiger partial charge in [0.2, 0.25) is 0 Å². The van der Waals surface area contributed by atoms with E-state index >= 15 is 0 Å². The first kappa shape index (κ1) is 13.0. The Morgan fingerprint density at radius 3 is 1.44 bits per heavy atom. The summed E-state index contributed by atoms with van der Waals surface area (Å²) in [5.41, 5.74) is 0. The number of piperazine rings is 1. The molecule has 0 aromatic heterocycles. The molecule has 1 rings (SSSR count). The molecule has 16 heavy (non-hydrogen) atoms. The first-order valence-corrected chi connectivity index (χ1v) is 5.89. The second-order valence-electron chi connectivity index (χ2n) is 4.66. The third-order valence-corrected chi connectivity index (χ3v) is 2.97. The van der Waals surface area contributed by atoms with Gasteiger partial charge in [0.05, 0.1) is 24.0 Å². The second-order valence-corrected chi connectivity index (χ2v) is 4.66. The third kappa shape index (κ3) is 4.18. The monoisotopic (exact) mass is 220 g/mol. The van der Waals surface area contributed by atoms with E-state index < -0.39 is 0 Å². The number of nitrogens with zero attached hydrogens (tertiary/aromatic N) is 4. The molecule has 88 valence electrons. The van der Waals surface area contributed by atoms with Gasteiger partial charge in [0.25, 0.3) is 0 Å². The van der Waals surface area contributed by atoms with Crippen molar-refractivity contribution >= 4 is 0 Å². The Hall–Kier alpha value is -1.10. The Morgan fingerprint density at radius 2 is 1.19 bits per heavy atom. The van der Waals surface area contributed by atoms with Crippen LogP contribution in [0.1, 0.15) is 13.8 Å². The molecule has 1 heterocycles. The highest BCUT2D eigenvalue weighted by atomic mass is 15.3. The molecule has 0 bridgehead atoms. The number of nitriles is 2. The van der Waals surface area contributed by atoms with Gasteiger partial charge in [0.15, 0.2) is 0 Å². The highest BCUT2D eigenvalue weighted by molar-refractivity contribution is 4.86. The van der Waals surface area contributed by atoms with Crippen LogP contribution in [0.3, 0.4) is 0 Å². The molecule has 1 saturated heterocycles. The van der Waals surface area contributed by atoms with Crippen molar-refractivity contribution in [2.24, 2.45) is 11.8 Å². The number of hydrogen-bond donors (Lipinski definition) is 0. The molecule has 0 spiro atoms. The highest BCUT2D eigenvalue weighted by Crippen LogP contribution is 2.07. The van der Waals surface area contributed by atoms with E-state index in [1.165, 1.54) is 0 Å². The van der Waals surface area contributed by atoms with Crippen molar-refractivity contribution in [2.75, 3.05) is 39.3 Å². The molecule has 0 saturated carbocycles. The van der Waals surface area contributed by atoms with Crippen LogP contribution in [-0.4, -0.2) is 49.1 Å². The molecule has 0 aliphatic carbocycles. The maximum Gasteiger partial charge on any atom is 0.0666 e. The summed E-state index contributed by atoms with van der Waals surface area (Å²) < 4.78 is 0. The Kier molecular flexibility index (Phi) is 5.25. The average molecular weight is 220 g/mol. The summed E-state index contributed by atoms with van der Waals surface area (Å²) in [7, 11) is 0. The van der Waals surface area contributed by atoms with Crippen molar-refractivity contribution in [2.45, 2.75) is 13.8 Å². The summed E-state index contributed by atoms with van der Waals surface area (Å²) in [6.07, 6.45) is 0. The third-order valence-electron chi connectivity index (χ3n) is 2.97. The normalized spacial score (nSPS) is 22.0. The van der Waals surface area contributed by atoms with Gasteiger partial charge in [-0.1, -0.05) is 0 Å². The van der Waals surface area contributed by atoms with Gasteiger partial charge in [-0.05, 0) is 13.8 Å². The molecule has 1 aliphatic rings. The highest BCUT2D eigenvalue weighted by Gasteiger charge is 2.19. The van der Waals surface area contributed by atoms with E-state index in [1.54, 1.807) is 0 Å². The van der Waals surface area contributed by atoms with E-state index in [9.17, 15) is 0 Å². The topological polar surface area (TPSA) is 54.1 Å². The molecule has 0 amide bonds. The molecule has 0 aromatic carbocycles. The van der Waals surface area contributed by atoms with Crippen LogP contribution < -0.4 is 0 Å². The summed E-state index contributed by atoms with van der Waals surface area (Å²) in [6.45, 7) is 9.74. The molecule has 0 radical (unpaired) electrons. The molecule has 1 fully saturated rings. The van der Waals surface area contributed by atoms with Crippen LogP contribution in [0.4, 0.5) is 0 Å². The van der Waals surface area contributed by atoms with E-state index in [1.807, 2.05) is 13.8 Å². The molecule has 4 heteroatoms. The summed E-state index contributed by atoms with van der Waals surface area (Å²) in [5, 5.41) is 17.5. The van der Waals surface area contributed by atoms with Gasteiger partial charge in [-0.25, -0.2) is 0 Å². The van der Waals surface area contributed by atoms with Crippen LogP contribution in [0.15, 0.2) is 0 Å². The molecule has 0 N–H and O–H groups in total. The fraction of sp³-hybridized carbons (Fsp3) is 0.833. The Labute approximate surface area is 98.1 Å². The van der Waals surface area contributed by atoms with E-state index in [2.05, 4.69) is 21.9 Å². The van der Waals surface area contributed by atoms with Crippen LogP contribution in [0, 0.1) is 34.5 Å². The van der Waals surface area contributed by atoms with Gasteiger partial charge in [-0.15, -0.1) is 0 Å². The summed E-state index contributed by atoms with van der Waals surface area (Å²) >= 11 is 0. The Balaban J connectivity index is 2.24. The van der Waals surface area contributed by atoms with Crippen LogP contribution >= 0.6 is 0 Å². The first-order valence-electron chi connectivity index (χ1n) is 5.89. The lowest BCUT2D eigenvalue weighted by molar-refractivity contribution is 0.120. The summed E-state index contributed by atoms with van der Waals surface area (Å²) in [4.78, 5) is 4.67. The maximum atomic E-state index is 8.75. The van der Waals surface area contributed by atoms with Crippen molar-refractivity contribution in [1.29, 1.82) is 10.5 Å². The van der Waals surface area contributed by atoms with Crippen molar-refractivity contribution in [3.05, 3.63) is 0 Å². The predicted octanol–water partition coefficient (Wildman–Crippen LogP) is 0.923. The largest absolute Gasteiger partial charge is 0.300 e. The zero-order valence-electron chi connectivity index (χ0n) is 10.2. The zero-order valence-corrected chi connectivity index (χ0v) is 10.2. The minimum atomic E-state index is 0.115.